The summed E-state index contributed by atoms with van der Waals surface area (Å²) in [4.78, 5) is 26.7. The van der Waals surface area contributed by atoms with Crippen molar-refractivity contribution in [1.29, 1.82) is 0 Å². The van der Waals surface area contributed by atoms with Crippen LogP contribution in [0.5, 0.6) is 6.01 Å². The highest BCUT2D eigenvalue weighted by molar-refractivity contribution is 7.28. The normalized spacial score (nSPS) is 15.0. The molecule has 1 unspecified atom stereocenters. The molecule has 1 aromatic carbocycles. The third-order valence-corrected chi connectivity index (χ3v) is 5.47. The van der Waals surface area contributed by atoms with Gasteiger partial charge in [-0.25, -0.2) is 23.7 Å². The summed E-state index contributed by atoms with van der Waals surface area (Å²) in [5.74, 6) is -2.99. The summed E-state index contributed by atoms with van der Waals surface area (Å²) >= 11 is 0. The standard InChI is InChI=1S/C21H20F2N5O2P/c1-30-20-25-10-13(11-26-20)19(29)27-17-15(14-4-2-3-5-16(14)31)6-8-24-18(17)28-9-7-21(22,23)12-28/h2-6,8,10-11H,7,9,12,31H2,1H3,(H,27,29). The van der Waals surface area contributed by atoms with Gasteiger partial charge in [-0.15, -0.1) is 9.24 Å². The van der Waals surface area contributed by atoms with E-state index in [4.69, 9.17) is 4.74 Å². The van der Waals surface area contributed by atoms with Crippen LogP contribution in [0.25, 0.3) is 11.1 Å². The quantitative estimate of drug-likeness (QED) is 0.611. The van der Waals surface area contributed by atoms with Crippen LogP contribution in [0.1, 0.15) is 16.8 Å². The number of pyridine rings is 1. The Morgan fingerprint density at radius 1 is 1.16 bits per heavy atom. The summed E-state index contributed by atoms with van der Waals surface area (Å²) in [7, 11) is 4.07. The molecule has 1 fully saturated rings. The molecule has 0 aliphatic carbocycles. The number of alkyl halides is 2. The van der Waals surface area contributed by atoms with Crippen molar-refractivity contribution >= 4 is 32.0 Å². The molecule has 0 bridgehead atoms. The zero-order valence-corrected chi connectivity index (χ0v) is 17.8. The number of carbonyl (C=O) groups excluding carboxylic acids is 1. The fraction of sp³-hybridized carbons (Fsp3) is 0.238. The molecule has 10 heteroatoms. The molecule has 7 nitrogen and oxygen atoms in total. The number of hydrogen-bond donors (Lipinski definition) is 1. The van der Waals surface area contributed by atoms with Crippen LogP contribution < -0.4 is 20.3 Å². The Morgan fingerprint density at radius 2 is 1.90 bits per heavy atom. The van der Waals surface area contributed by atoms with Gasteiger partial charge in [0, 0.05) is 37.1 Å². The molecule has 4 rings (SSSR count). The summed E-state index contributed by atoms with van der Waals surface area (Å²) < 4.78 is 32.7. The number of rotatable bonds is 5. The van der Waals surface area contributed by atoms with Gasteiger partial charge in [-0.1, -0.05) is 24.3 Å². The predicted molar refractivity (Wildman–Crippen MR) is 117 cm³/mol. The molecule has 0 radical (unpaired) electrons. The lowest BCUT2D eigenvalue weighted by Gasteiger charge is -2.23. The van der Waals surface area contributed by atoms with Crippen molar-refractivity contribution in [2.24, 2.45) is 0 Å². The number of amides is 1. The van der Waals surface area contributed by atoms with Crippen LogP contribution in [0.4, 0.5) is 20.3 Å². The fourth-order valence-corrected chi connectivity index (χ4v) is 3.78. The van der Waals surface area contributed by atoms with Gasteiger partial charge in [0.15, 0.2) is 5.82 Å². The molecule has 1 amide bonds. The molecule has 3 heterocycles. The minimum atomic E-state index is -2.80. The Balaban J connectivity index is 1.77. The highest BCUT2D eigenvalue weighted by Crippen LogP contribution is 2.38. The van der Waals surface area contributed by atoms with E-state index in [-0.39, 0.29) is 24.5 Å². The SMILES string of the molecule is COc1ncc(C(=O)Nc2c(-c3ccccc3P)ccnc2N2CCC(F)(F)C2)cn1. The number of ether oxygens (including phenoxy) is 1. The number of benzene rings is 1. The van der Waals surface area contributed by atoms with Crippen molar-refractivity contribution in [2.75, 3.05) is 30.4 Å². The van der Waals surface area contributed by atoms with Gasteiger partial charge in [-0.2, -0.15) is 0 Å². The van der Waals surface area contributed by atoms with E-state index in [0.717, 1.165) is 10.9 Å². The number of nitrogens with one attached hydrogen (secondary N) is 1. The number of halogens is 2. The number of carbonyl (C=O) groups is 1. The van der Waals surface area contributed by atoms with E-state index in [9.17, 15) is 13.6 Å². The zero-order chi connectivity index (χ0) is 22.0. The Hall–Kier alpha value is -3.19. The van der Waals surface area contributed by atoms with Gasteiger partial charge in [0.05, 0.1) is 24.9 Å². The van der Waals surface area contributed by atoms with Gasteiger partial charge in [-0.05, 0) is 16.9 Å². The molecule has 0 saturated carbocycles. The molecule has 1 aliphatic rings. The highest BCUT2D eigenvalue weighted by atomic mass is 31.0. The number of methoxy groups -OCH3 is 1. The number of aromatic nitrogens is 3. The minimum Gasteiger partial charge on any atom is -0.467 e. The largest absolute Gasteiger partial charge is 0.467 e. The van der Waals surface area contributed by atoms with E-state index in [0.29, 0.717) is 17.1 Å². The minimum absolute atomic E-state index is 0.135. The van der Waals surface area contributed by atoms with Crippen molar-refractivity contribution in [1.82, 2.24) is 15.0 Å². The number of anilines is 2. The molecule has 1 N–H and O–H groups in total. The van der Waals surface area contributed by atoms with Crippen LogP contribution in [0.2, 0.25) is 0 Å². The smallest absolute Gasteiger partial charge is 0.316 e. The average Bonchev–Trinajstić information content (AvgIpc) is 3.14. The second kappa shape index (κ2) is 8.51. The van der Waals surface area contributed by atoms with Gasteiger partial charge >= 0.3 is 6.01 Å². The molecule has 31 heavy (non-hydrogen) atoms. The van der Waals surface area contributed by atoms with Crippen molar-refractivity contribution in [3.8, 4) is 17.1 Å². The topological polar surface area (TPSA) is 80.2 Å². The lowest BCUT2D eigenvalue weighted by molar-refractivity contribution is 0.0257. The first-order valence-electron chi connectivity index (χ1n) is 9.52. The lowest BCUT2D eigenvalue weighted by Crippen LogP contribution is -2.27. The van der Waals surface area contributed by atoms with E-state index < -0.39 is 18.4 Å². The Bertz CT molecular complexity index is 1110. The van der Waals surface area contributed by atoms with E-state index in [2.05, 4.69) is 29.5 Å². The molecular weight excluding hydrogens is 423 g/mol. The Kier molecular flexibility index (Phi) is 5.78. The van der Waals surface area contributed by atoms with E-state index in [1.165, 1.54) is 24.4 Å². The second-order valence-corrected chi connectivity index (χ2v) is 7.71. The lowest BCUT2D eigenvalue weighted by atomic mass is 10.0. The average molecular weight is 443 g/mol. The van der Waals surface area contributed by atoms with Crippen LogP contribution in [0.3, 0.4) is 0 Å². The molecule has 0 spiro atoms. The van der Waals surface area contributed by atoms with Crippen molar-refractivity contribution in [3.63, 3.8) is 0 Å². The first-order valence-corrected chi connectivity index (χ1v) is 10.1. The fourth-order valence-electron chi connectivity index (χ4n) is 3.42. The summed E-state index contributed by atoms with van der Waals surface area (Å²) in [6, 6.07) is 9.45. The van der Waals surface area contributed by atoms with Crippen molar-refractivity contribution in [2.45, 2.75) is 12.3 Å². The van der Waals surface area contributed by atoms with E-state index in [1.54, 1.807) is 12.3 Å². The predicted octanol–water partition coefficient (Wildman–Crippen LogP) is 3.15. The second-order valence-electron chi connectivity index (χ2n) is 7.08. The van der Waals surface area contributed by atoms with Gasteiger partial charge in [-0.3, -0.25) is 4.79 Å². The molecule has 1 atom stereocenters. The van der Waals surface area contributed by atoms with Gasteiger partial charge < -0.3 is 15.0 Å². The van der Waals surface area contributed by atoms with Crippen molar-refractivity contribution < 1.29 is 18.3 Å². The first kappa shape index (κ1) is 21.1. The maximum Gasteiger partial charge on any atom is 0.316 e. The Morgan fingerprint density at radius 3 is 2.55 bits per heavy atom. The molecule has 1 aliphatic heterocycles. The van der Waals surface area contributed by atoms with Crippen LogP contribution in [0.15, 0.2) is 48.9 Å². The first-order chi connectivity index (χ1) is 14.9. The summed E-state index contributed by atoms with van der Waals surface area (Å²) in [5, 5.41) is 3.74. The van der Waals surface area contributed by atoms with Gasteiger partial charge in [0.1, 0.15) is 0 Å². The van der Waals surface area contributed by atoms with Crippen LogP contribution >= 0.6 is 9.24 Å². The van der Waals surface area contributed by atoms with Gasteiger partial charge in [0.25, 0.3) is 11.8 Å². The monoisotopic (exact) mass is 443 g/mol. The molecule has 160 valence electrons. The third-order valence-electron chi connectivity index (χ3n) is 4.96. The Labute approximate surface area is 180 Å². The molecule has 2 aromatic heterocycles. The van der Waals surface area contributed by atoms with Crippen LogP contribution in [-0.2, 0) is 0 Å². The van der Waals surface area contributed by atoms with Gasteiger partial charge in [0.2, 0.25) is 0 Å². The summed E-state index contributed by atoms with van der Waals surface area (Å²) in [6.45, 7) is -0.318. The third kappa shape index (κ3) is 4.46. The number of nitrogens with zero attached hydrogens (tertiary/aromatic N) is 4. The maximum absolute atomic E-state index is 13.9. The molecule has 1 saturated heterocycles. The highest BCUT2D eigenvalue weighted by Gasteiger charge is 2.40. The summed E-state index contributed by atoms with van der Waals surface area (Å²) in [6.07, 6.45) is 3.97. The summed E-state index contributed by atoms with van der Waals surface area (Å²) in [5.41, 5.74) is 2.07. The maximum atomic E-state index is 13.9. The van der Waals surface area contributed by atoms with E-state index in [1.807, 2.05) is 24.3 Å². The van der Waals surface area contributed by atoms with Crippen LogP contribution in [0, 0.1) is 0 Å². The molecular formula is C21H20F2N5O2P. The molecule has 3 aromatic rings. The van der Waals surface area contributed by atoms with Crippen molar-refractivity contribution in [3.05, 3.63) is 54.5 Å². The van der Waals surface area contributed by atoms with Crippen LogP contribution in [-0.4, -0.2) is 47.0 Å². The zero-order valence-electron chi connectivity index (χ0n) is 16.7. The van der Waals surface area contributed by atoms with E-state index >= 15 is 0 Å². The number of hydrogen-bond acceptors (Lipinski definition) is 6.